The van der Waals surface area contributed by atoms with Crippen molar-refractivity contribution in [1.82, 2.24) is 5.48 Å². The molecule has 0 saturated heterocycles. The minimum absolute atomic E-state index is 0.102. The SMILES string of the molecule is CCC(CC)(C(=O)OCc1ccccc1)C(=O)ONCc1ccc(OC)cc1OC. The van der Waals surface area contributed by atoms with Gasteiger partial charge in [-0.3, -0.25) is 4.79 Å². The molecule has 0 atom stereocenters. The van der Waals surface area contributed by atoms with E-state index in [0.29, 0.717) is 11.5 Å². The van der Waals surface area contributed by atoms with Crippen molar-refractivity contribution in [1.29, 1.82) is 0 Å². The number of hydrogen-bond donors (Lipinski definition) is 1. The second kappa shape index (κ2) is 11.2. The van der Waals surface area contributed by atoms with Gasteiger partial charge in [0, 0.05) is 11.6 Å². The molecule has 0 aliphatic rings. The zero-order valence-corrected chi connectivity index (χ0v) is 17.9. The van der Waals surface area contributed by atoms with Crippen LogP contribution in [0, 0.1) is 5.41 Å². The molecule has 0 radical (unpaired) electrons. The first-order valence-electron chi connectivity index (χ1n) is 9.86. The lowest BCUT2D eigenvalue weighted by Gasteiger charge is -2.26. The van der Waals surface area contributed by atoms with Crippen LogP contribution in [0.3, 0.4) is 0 Å². The molecule has 2 aromatic carbocycles. The van der Waals surface area contributed by atoms with Gasteiger partial charge in [-0.1, -0.05) is 50.2 Å². The van der Waals surface area contributed by atoms with Gasteiger partial charge in [-0.05, 0) is 24.5 Å². The first-order valence-corrected chi connectivity index (χ1v) is 9.86. The van der Waals surface area contributed by atoms with Crippen LogP contribution < -0.4 is 15.0 Å². The quantitative estimate of drug-likeness (QED) is 0.339. The van der Waals surface area contributed by atoms with E-state index in [-0.39, 0.29) is 26.0 Å². The van der Waals surface area contributed by atoms with Gasteiger partial charge in [0.25, 0.3) is 0 Å². The Bertz CT molecular complexity index is 833. The first kappa shape index (κ1) is 23.2. The van der Waals surface area contributed by atoms with E-state index < -0.39 is 17.4 Å². The third kappa shape index (κ3) is 5.51. The normalized spacial score (nSPS) is 10.9. The molecule has 7 heteroatoms. The predicted octanol–water partition coefficient (Wildman–Crippen LogP) is 3.80. The summed E-state index contributed by atoms with van der Waals surface area (Å²) >= 11 is 0. The van der Waals surface area contributed by atoms with E-state index in [2.05, 4.69) is 5.48 Å². The number of ether oxygens (including phenoxy) is 3. The maximum atomic E-state index is 12.8. The van der Waals surface area contributed by atoms with Crippen molar-refractivity contribution in [2.75, 3.05) is 14.2 Å². The van der Waals surface area contributed by atoms with Crippen molar-refractivity contribution in [3.8, 4) is 11.5 Å². The first-order chi connectivity index (χ1) is 14.5. The van der Waals surface area contributed by atoms with Gasteiger partial charge in [0.15, 0.2) is 5.41 Å². The number of benzene rings is 2. The van der Waals surface area contributed by atoms with Crippen molar-refractivity contribution >= 4 is 11.9 Å². The average molecular weight is 415 g/mol. The minimum atomic E-state index is -1.37. The van der Waals surface area contributed by atoms with Crippen molar-refractivity contribution < 1.29 is 28.6 Å². The Balaban J connectivity index is 1.99. The fourth-order valence-electron chi connectivity index (χ4n) is 3.05. The summed E-state index contributed by atoms with van der Waals surface area (Å²) in [4.78, 5) is 30.8. The summed E-state index contributed by atoms with van der Waals surface area (Å²) in [5, 5.41) is 0. The molecule has 0 unspecified atom stereocenters. The Kier molecular flexibility index (Phi) is 8.68. The topological polar surface area (TPSA) is 83.1 Å². The fraction of sp³-hybridized carbons (Fsp3) is 0.391. The van der Waals surface area contributed by atoms with Gasteiger partial charge in [-0.25, -0.2) is 4.79 Å². The highest BCUT2D eigenvalue weighted by Crippen LogP contribution is 2.30. The summed E-state index contributed by atoms with van der Waals surface area (Å²) in [5.74, 6) is -0.00891. The highest BCUT2D eigenvalue weighted by molar-refractivity contribution is 5.99. The molecule has 0 fully saturated rings. The summed E-state index contributed by atoms with van der Waals surface area (Å²) < 4.78 is 15.9. The van der Waals surface area contributed by atoms with Gasteiger partial charge in [0.05, 0.1) is 20.8 Å². The van der Waals surface area contributed by atoms with E-state index in [9.17, 15) is 9.59 Å². The molecule has 2 aromatic rings. The number of esters is 1. The van der Waals surface area contributed by atoms with E-state index in [0.717, 1.165) is 11.1 Å². The van der Waals surface area contributed by atoms with Crippen LogP contribution in [0.4, 0.5) is 0 Å². The highest BCUT2D eigenvalue weighted by atomic mass is 16.7. The summed E-state index contributed by atoms with van der Waals surface area (Å²) in [6.45, 7) is 3.84. The van der Waals surface area contributed by atoms with Gasteiger partial charge in [-0.15, -0.1) is 5.48 Å². The van der Waals surface area contributed by atoms with Crippen LogP contribution in [0.15, 0.2) is 48.5 Å². The maximum Gasteiger partial charge on any atom is 0.342 e. The Hall–Kier alpha value is -3.06. The van der Waals surface area contributed by atoms with Crippen molar-refractivity contribution in [2.45, 2.75) is 39.8 Å². The molecule has 0 amide bonds. The van der Waals surface area contributed by atoms with Crippen LogP contribution in [-0.4, -0.2) is 26.2 Å². The highest BCUT2D eigenvalue weighted by Gasteiger charge is 2.46. The van der Waals surface area contributed by atoms with E-state index >= 15 is 0 Å². The Morgan fingerprint density at radius 2 is 1.63 bits per heavy atom. The van der Waals surface area contributed by atoms with Gasteiger partial charge >= 0.3 is 11.9 Å². The van der Waals surface area contributed by atoms with E-state index in [1.807, 2.05) is 30.3 Å². The van der Waals surface area contributed by atoms with Gasteiger partial charge < -0.3 is 19.0 Å². The maximum absolute atomic E-state index is 12.8. The van der Waals surface area contributed by atoms with Crippen molar-refractivity contribution in [2.24, 2.45) is 5.41 Å². The molecule has 0 aliphatic carbocycles. The Morgan fingerprint density at radius 1 is 0.933 bits per heavy atom. The summed E-state index contributed by atoms with van der Waals surface area (Å²) in [7, 11) is 3.12. The number of carbonyl (C=O) groups excluding carboxylic acids is 2. The van der Waals surface area contributed by atoms with Crippen LogP contribution in [0.5, 0.6) is 11.5 Å². The molecule has 2 rings (SSSR count). The molecule has 0 aliphatic heterocycles. The summed E-state index contributed by atoms with van der Waals surface area (Å²) in [6.07, 6.45) is 0.535. The van der Waals surface area contributed by atoms with Crippen LogP contribution in [0.2, 0.25) is 0 Å². The molecule has 0 heterocycles. The zero-order chi connectivity index (χ0) is 22.0. The molecule has 0 bridgehead atoms. The van der Waals surface area contributed by atoms with Gasteiger partial charge in [-0.2, -0.15) is 0 Å². The largest absolute Gasteiger partial charge is 0.497 e. The minimum Gasteiger partial charge on any atom is -0.497 e. The van der Waals surface area contributed by atoms with Crippen LogP contribution in [0.25, 0.3) is 0 Å². The molecule has 30 heavy (non-hydrogen) atoms. The third-order valence-corrected chi connectivity index (χ3v) is 5.12. The van der Waals surface area contributed by atoms with E-state index in [1.54, 1.807) is 46.3 Å². The van der Waals surface area contributed by atoms with E-state index in [1.165, 1.54) is 0 Å². The predicted molar refractivity (Wildman–Crippen MR) is 112 cm³/mol. The number of hydrogen-bond acceptors (Lipinski definition) is 7. The lowest BCUT2D eigenvalue weighted by Crippen LogP contribution is -2.43. The second-order valence-corrected chi connectivity index (χ2v) is 6.74. The van der Waals surface area contributed by atoms with Crippen molar-refractivity contribution in [3.63, 3.8) is 0 Å². The van der Waals surface area contributed by atoms with Crippen molar-refractivity contribution in [3.05, 3.63) is 59.7 Å². The molecule has 162 valence electrons. The summed E-state index contributed by atoms with van der Waals surface area (Å²) in [5.41, 5.74) is 2.90. The number of carbonyl (C=O) groups is 2. The number of rotatable bonds is 11. The smallest absolute Gasteiger partial charge is 0.342 e. The average Bonchev–Trinajstić information content (AvgIpc) is 2.79. The summed E-state index contributed by atoms with van der Waals surface area (Å²) in [6, 6.07) is 14.6. The standard InChI is InChI=1S/C23H29NO6/c1-5-23(6-2,21(25)29-16-17-10-8-7-9-11-17)22(26)30-24-15-18-12-13-19(27-3)14-20(18)28-4/h7-14,24H,5-6,15-16H2,1-4H3. The monoisotopic (exact) mass is 415 g/mol. The Morgan fingerprint density at radius 3 is 2.23 bits per heavy atom. The number of methoxy groups -OCH3 is 2. The molecule has 0 aromatic heterocycles. The number of hydroxylamine groups is 1. The lowest BCUT2D eigenvalue weighted by molar-refractivity contribution is -0.179. The van der Waals surface area contributed by atoms with Gasteiger partial charge in [0.1, 0.15) is 18.1 Å². The molecule has 1 N–H and O–H groups in total. The lowest BCUT2D eigenvalue weighted by atomic mass is 9.82. The van der Waals surface area contributed by atoms with Crippen LogP contribution >= 0.6 is 0 Å². The molecule has 7 nitrogen and oxygen atoms in total. The van der Waals surface area contributed by atoms with Crippen LogP contribution in [-0.2, 0) is 32.3 Å². The second-order valence-electron chi connectivity index (χ2n) is 6.74. The van der Waals surface area contributed by atoms with E-state index in [4.69, 9.17) is 19.0 Å². The Labute approximate surface area is 177 Å². The molecule has 0 spiro atoms. The fourth-order valence-corrected chi connectivity index (χ4v) is 3.05. The molecule has 0 saturated carbocycles. The molecular weight excluding hydrogens is 386 g/mol. The zero-order valence-electron chi connectivity index (χ0n) is 17.9. The number of nitrogens with one attached hydrogen (secondary N) is 1. The molecular formula is C23H29NO6. The third-order valence-electron chi connectivity index (χ3n) is 5.12. The van der Waals surface area contributed by atoms with Gasteiger partial charge in [0.2, 0.25) is 0 Å². The van der Waals surface area contributed by atoms with Crippen LogP contribution in [0.1, 0.15) is 37.8 Å².